The summed E-state index contributed by atoms with van der Waals surface area (Å²) in [4.78, 5) is 4.20. The van der Waals surface area contributed by atoms with Crippen LogP contribution in [0.25, 0.3) is 0 Å². The predicted molar refractivity (Wildman–Crippen MR) is 75.5 cm³/mol. The smallest absolute Gasteiger partial charge is 0.128 e. The summed E-state index contributed by atoms with van der Waals surface area (Å²) < 4.78 is 5.95. The van der Waals surface area contributed by atoms with E-state index in [0.29, 0.717) is 12.4 Å². The van der Waals surface area contributed by atoms with Crippen LogP contribution in [0.1, 0.15) is 44.4 Å². The normalized spacial score (nSPS) is 16.3. The first-order valence-electron chi connectivity index (χ1n) is 6.52. The van der Waals surface area contributed by atoms with Crippen molar-refractivity contribution in [2.24, 2.45) is 0 Å². The van der Waals surface area contributed by atoms with Crippen LogP contribution in [0.5, 0.6) is 0 Å². The van der Waals surface area contributed by atoms with Gasteiger partial charge < -0.3 is 15.8 Å². The molecule has 1 heterocycles. The van der Waals surface area contributed by atoms with E-state index in [1.165, 1.54) is 0 Å². The number of nitrogens with two attached hydrogens (primary N) is 1. The second kappa shape index (κ2) is 6.16. The van der Waals surface area contributed by atoms with Gasteiger partial charge in [0.05, 0.1) is 11.6 Å². The van der Waals surface area contributed by atoms with Gasteiger partial charge in [0.1, 0.15) is 5.82 Å². The standard InChI is InChI=1S/C14H25N3O/c1-6-14(4,18-7-2)12(16-5)11-10(3)8-9-17-13(11)15/h8-9,12,16H,6-7H2,1-5H3,(H2,15,17). The van der Waals surface area contributed by atoms with Crippen molar-refractivity contribution < 1.29 is 4.74 Å². The van der Waals surface area contributed by atoms with E-state index in [-0.39, 0.29) is 11.6 Å². The number of aryl methyl sites for hydroxylation is 1. The summed E-state index contributed by atoms with van der Waals surface area (Å²) in [5.41, 5.74) is 7.93. The average Bonchev–Trinajstić information content (AvgIpc) is 2.34. The molecule has 3 N–H and O–H groups in total. The molecule has 1 aromatic heterocycles. The van der Waals surface area contributed by atoms with Gasteiger partial charge in [0.15, 0.2) is 0 Å². The molecule has 4 nitrogen and oxygen atoms in total. The molecular formula is C14H25N3O. The van der Waals surface area contributed by atoms with Gasteiger partial charge in [0, 0.05) is 18.4 Å². The fraction of sp³-hybridized carbons (Fsp3) is 0.643. The van der Waals surface area contributed by atoms with E-state index < -0.39 is 0 Å². The number of nitrogens with one attached hydrogen (secondary N) is 1. The molecule has 0 aromatic carbocycles. The van der Waals surface area contributed by atoms with Crippen LogP contribution in [0.15, 0.2) is 12.3 Å². The van der Waals surface area contributed by atoms with E-state index in [1.807, 2.05) is 20.0 Å². The van der Waals surface area contributed by atoms with Gasteiger partial charge in [-0.15, -0.1) is 0 Å². The molecule has 2 unspecified atom stereocenters. The van der Waals surface area contributed by atoms with Gasteiger partial charge in [-0.1, -0.05) is 6.92 Å². The first-order valence-corrected chi connectivity index (χ1v) is 6.52. The molecule has 0 aliphatic heterocycles. The first kappa shape index (κ1) is 14.9. The minimum absolute atomic E-state index is 0.0381. The van der Waals surface area contributed by atoms with Crippen LogP contribution < -0.4 is 11.1 Å². The van der Waals surface area contributed by atoms with Crippen LogP contribution in [0.4, 0.5) is 5.82 Å². The largest absolute Gasteiger partial charge is 0.383 e. The van der Waals surface area contributed by atoms with Crippen LogP contribution in [-0.2, 0) is 4.74 Å². The van der Waals surface area contributed by atoms with Gasteiger partial charge in [0.2, 0.25) is 0 Å². The molecule has 0 fully saturated rings. The zero-order chi connectivity index (χ0) is 13.8. The predicted octanol–water partition coefficient (Wildman–Crippen LogP) is 2.44. The molecule has 0 saturated carbocycles. The summed E-state index contributed by atoms with van der Waals surface area (Å²) in [7, 11) is 1.93. The topological polar surface area (TPSA) is 60.2 Å². The third-order valence-corrected chi connectivity index (χ3v) is 3.60. The van der Waals surface area contributed by atoms with Crippen molar-refractivity contribution in [3.63, 3.8) is 0 Å². The highest BCUT2D eigenvalue weighted by Crippen LogP contribution is 2.35. The van der Waals surface area contributed by atoms with E-state index >= 15 is 0 Å². The molecule has 2 atom stereocenters. The van der Waals surface area contributed by atoms with Crippen molar-refractivity contribution in [2.75, 3.05) is 19.4 Å². The number of ether oxygens (including phenoxy) is 1. The number of hydrogen-bond donors (Lipinski definition) is 2. The fourth-order valence-corrected chi connectivity index (χ4v) is 2.44. The number of likely N-dealkylation sites (N-methyl/N-ethyl adjacent to an activating group) is 1. The Morgan fingerprint density at radius 2 is 2.17 bits per heavy atom. The summed E-state index contributed by atoms with van der Waals surface area (Å²) in [6.45, 7) is 8.99. The Balaban J connectivity index is 3.24. The number of nitrogens with zero attached hydrogens (tertiary/aromatic N) is 1. The van der Waals surface area contributed by atoms with Crippen molar-refractivity contribution in [2.45, 2.75) is 45.8 Å². The fourth-order valence-electron chi connectivity index (χ4n) is 2.44. The minimum Gasteiger partial charge on any atom is -0.383 e. The third kappa shape index (κ3) is 2.82. The average molecular weight is 251 g/mol. The van der Waals surface area contributed by atoms with Crippen LogP contribution in [0.3, 0.4) is 0 Å². The zero-order valence-electron chi connectivity index (χ0n) is 12.1. The number of hydrogen-bond acceptors (Lipinski definition) is 4. The van der Waals surface area contributed by atoms with Gasteiger partial charge in [0.25, 0.3) is 0 Å². The van der Waals surface area contributed by atoms with Crippen LogP contribution >= 0.6 is 0 Å². The Kier molecular flexibility index (Phi) is 5.11. The number of pyridine rings is 1. The van der Waals surface area contributed by atoms with E-state index in [2.05, 4.69) is 31.1 Å². The van der Waals surface area contributed by atoms with Crippen molar-refractivity contribution >= 4 is 5.82 Å². The Bertz CT molecular complexity index is 374. The maximum Gasteiger partial charge on any atom is 0.128 e. The minimum atomic E-state index is -0.286. The lowest BCUT2D eigenvalue weighted by Crippen LogP contribution is -2.43. The number of nitrogen functional groups attached to an aromatic ring is 1. The molecule has 0 spiro atoms. The number of rotatable bonds is 6. The highest BCUT2D eigenvalue weighted by molar-refractivity contribution is 5.47. The molecule has 1 aromatic rings. The highest BCUT2D eigenvalue weighted by atomic mass is 16.5. The lowest BCUT2D eigenvalue weighted by molar-refractivity contribution is -0.0547. The molecule has 102 valence electrons. The van der Waals surface area contributed by atoms with Gasteiger partial charge in [-0.05, 0) is 45.9 Å². The molecule has 1 rings (SSSR count). The third-order valence-electron chi connectivity index (χ3n) is 3.60. The molecule has 4 heteroatoms. The number of anilines is 1. The molecular weight excluding hydrogens is 226 g/mol. The Morgan fingerprint density at radius 1 is 1.50 bits per heavy atom. The molecule has 0 bridgehead atoms. The summed E-state index contributed by atoms with van der Waals surface area (Å²) in [6.07, 6.45) is 2.64. The molecule has 18 heavy (non-hydrogen) atoms. The van der Waals surface area contributed by atoms with E-state index in [0.717, 1.165) is 17.5 Å². The lowest BCUT2D eigenvalue weighted by atomic mass is 9.86. The van der Waals surface area contributed by atoms with Gasteiger partial charge in [-0.25, -0.2) is 4.98 Å². The summed E-state index contributed by atoms with van der Waals surface area (Å²) >= 11 is 0. The van der Waals surface area contributed by atoms with Crippen LogP contribution in [0, 0.1) is 6.92 Å². The van der Waals surface area contributed by atoms with Crippen LogP contribution in [0.2, 0.25) is 0 Å². The quantitative estimate of drug-likeness (QED) is 0.815. The van der Waals surface area contributed by atoms with Crippen molar-refractivity contribution in [1.82, 2.24) is 10.3 Å². The highest BCUT2D eigenvalue weighted by Gasteiger charge is 2.35. The molecule has 0 amide bonds. The summed E-state index contributed by atoms with van der Waals surface area (Å²) in [6, 6.07) is 2.02. The SMILES string of the molecule is CCOC(C)(CC)C(NC)c1c(C)ccnc1N. The van der Waals surface area contributed by atoms with Crippen molar-refractivity contribution in [3.05, 3.63) is 23.4 Å². The van der Waals surface area contributed by atoms with Gasteiger partial charge in [-0.2, -0.15) is 0 Å². The Labute approximate surface area is 110 Å². The summed E-state index contributed by atoms with van der Waals surface area (Å²) in [5.74, 6) is 0.578. The Morgan fingerprint density at radius 3 is 2.61 bits per heavy atom. The number of aromatic nitrogens is 1. The van der Waals surface area contributed by atoms with Crippen molar-refractivity contribution in [1.29, 1.82) is 0 Å². The van der Waals surface area contributed by atoms with Gasteiger partial charge in [-0.3, -0.25) is 0 Å². The second-order valence-electron chi connectivity index (χ2n) is 4.75. The Hall–Kier alpha value is -1.13. The lowest BCUT2D eigenvalue weighted by Gasteiger charge is -2.37. The zero-order valence-corrected chi connectivity index (χ0v) is 12.1. The van der Waals surface area contributed by atoms with E-state index in [9.17, 15) is 0 Å². The molecule has 0 aliphatic carbocycles. The molecule has 0 aliphatic rings. The van der Waals surface area contributed by atoms with E-state index in [4.69, 9.17) is 10.5 Å². The maximum atomic E-state index is 6.04. The van der Waals surface area contributed by atoms with Crippen molar-refractivity contribution in [3.8, 4) is 0 Å². The van der Waals surface area contributed by atoms with E-state index in [1.54, 1.807) is 6.20 Å². The second-order valence-corrected chi connectivity index (χ2v) is 4.75. The molecule has 0 radical (unpaired) electrons. The summed E-state index contributed by atoms with van der Waals surface area (Å²) in [5, 5.41) is 3.33. The first-order chi connectivity index (χ1) is 8.50. The van der Waals surface area contributed by atoms with Crippen LogP contribution in [-0.4, -0.2) is 24.2 Å². The molecule has 0 saturated heterocycles. The van der Waals surface area contributed by atoms with Gasteiger partial charge >= 0.3 is 0 Å². The maximum absolute atomic E-state index is 6.04. The monoisotopic (exact) mass is 251 g/mol.